The van der Waals surface area contributed by atoms with Crippen LogP contribution in [0.3, 0.4) is 0 Å². The van der Waals surface area contributed by atoms with Crippen molar-refractivity contribution in [1.82, 2.24) is 0 Å². The quantitative estimate of drug-likeness (QED) is 0.0418. The second-order valence-corrected chi connectivity index (χ2v) is 12.8. The number of hydrogen-bond acceptors (Lipinski definition) is 15. The van der Waals surface area contributed by atoms with Crippen molar-refractivity contribution >= 4 is 11.9 Å². The zero-order valence-electron chi connectivity index (χ0n) is 29.4. The van der Waals surface area contributed by atoms with E-state index in [0.29, 0.717) is 6.42 Å². The molecule has 2 saturated heterocycles. The molecule has 2 aliphatic heterocycles. The SMILES string of the molecule is CCCCC/C=C\C/C=C\CCCCCCCC(=O)OC(COC(C)=O)COC1OC(COC2OC(CO)C(O)C(O)C2O)C(O)C(O)C1O. The van der Waals surface area contributed by atoms with Crippen LogP contribution in [-0.2, 0) is 38.0 Å². The number of hydrogen-bond donors (Lipinski definition) is 7. The Morgan fingerprint density at radius 1 is 0.680 bits per heavy atom. The van der Waals surface area contributed by atoms with Crippen LogP contribution in [0.4, 0.5) is 0 Å². The number of allylic oxidation sites excluding steroid dienone is 4. The van der Waals surface area contributed by atoms with Crippen LogP contribution in [0.1, 0.15) is 90.9 Å². The molecule has 15 heteroatoms. The summed E-state index contributed by atoms with van der Waals surface area (Å²) in [5.41, 5.74) is 0. The zero-order chi connectivity index (χ0) is 36.9. The molecule has 15 nitrogen and oxygen atoms in total. The fourth-order valence-corrected chi connectivity index (χ4v) is 5.44. The van der Waals surface area contributed by atoms with Crippen LogP contribution in [0.25, 0.3) is 0 Å². The largest absolute Gasteiger partial charge is 0.462 e. The minimum atomic E-state index is -1.76. The molecule has 0 aromatic heterocycles. The number of esters is 2. The third kappa shape index (κ3) is 16.1. The Labute approximate surface area is 294 Å². The number of aliphatic hydroxyl groups is 7. The van der Waals surface area contributed by atoms with Gasteiger partial charge in [0.1, 0.15) is 55.4 Å². The lowest BCUT2D eigenvalue weighted by atomic mass is 9.98. The van der Waals surface area contributed by atoms with Gasteiger partial charge in [0.05, 0.1) is 19.8 Å². The number of ether oxygens (including phenoxy) is 6. The van der Waals surface area contributed by atoms with Crippen LogP contribution >= 0.6 is 0 Å². The third-order valence-corrected chi connectivity index (χ3v) is 8.49. The van der Waals surface area contributed by atoms with Gasteiger partial charge in [-0.15, -0.1) is 0 Å². The molecule has 0 saturated carbocycles. The van der Waals surface area contributed by atoms with Gasteiger partial charge in [-0.25, -0.2) is 0 Å². The summed E-state index contributed by atoms with van der Waals surface area (Å²) in [6.45, 7) is 1.45. The average Bonchev–Trinajstić information content (AvgIpc) is 3.09. The van der Waals surface area contributed by atoms with Crippen molar-refractivity contribution in [2.24, 2.45) is 0 Å². The van der Waals surface area contributed by atoms with Gasteiger partial charge < -0.3 is 64.2 Å². The maximum Gasteiger partial charge on any atom is 0.306 e. The molecule has 0 aromatic rings. The number of rotatable bonds is 24. The molecule has 0 bridgehead atoms. The van der Waals surface area contributed by atoms with E-state index in [1.807, 2.05) is 0 Å². The summed E-state index contributed by atoms with van der Waals surface area (Å²) < 4.78 is 32.3. The highest BCUT2D eigenvalue weighted by Gasteiger charge is 2.47. The summed E-state index contributed by atoms with van der Waals surface area (Å²) in [5.74, 6) is -1.14. The monoisotopic (exact) mass is 720 g/mol. The van der Waals surface area contributed by atoms with Crippen molar-refractivity contribution in [3.05, 3.63) is 24.3 Å². The van der Waals surface area contributed by atoms with Crippen LogP contribution in [0, 0.1) is 0 Å². The number of aliphatic hydroxyl groups excluding tert-OH is 7. The van der Waals surface area contributed by atoms with E-state index < -0.39 is 99.3 Å². The Morgan fingerprint density at radius 2 is 1.24 bits per heavy atom. The Hall–Kier alpha value is -2.02. The van der Waals surface area contributed by atoms with E-state index in [9.17, 15) is 45.3 Å². The van der Waals surface area contributed by atoms with Gasteiger partial charge in [0.2, 0.25) is 0 Å². The molecule has 290 valence electrons. The molecule has 2 rings (SSSR count). The topological polar surface area (TPSA) is 231 Å². The molecule has 0 aliphatic carbocycles. The van der Waals surface area contributed by atoms with Crippen molar-refractivity contribution in [3.63, 3.8) is 0 Å². The average molecular weight is 721 g/mol. The molecule has 11 atom stereocenters. The second kappa shape index (κ2) is 25.0. The lowest BCUT2D eigenvalue weighted by molar-refractivity contribution is -0.332. The van der Waals surface area contributed by atoms with Crippen LogP contribution in [0.2, 0.25) is 0 Å². The van der Waals surface area contributed by atoms with E-state index in [1.165, 1.54) is 26.2 Å². The van der Waals surface area contributed by atoms with E-state index in [0.717, 1.165) is 44.9 Å². The zero-order valence-corrected chi connectivity index (χ0v) is 29.4. The highest BCUT2D eigenvalue weighted by molar-refractivity contribution is 5.69. The Morgan fingerprint density at radius 3 is 1.86 bits per heavy atom. The molecule has 50 heavy (non-hydrogen) atoms. The first-order chi connectivity index (χ1) is 24.0. The van der Waals surface area contributed by atoms with Gasteiger partial charge in [-0.2, -0.15) is 0 Å². The summed E-state index contributed by atoms with van der Waals surface area (Å²) in [6, 6.07) is 0. The third-order valence-electron chi connectivity index (χ3n) is 8.49. The molecule has 0 spiro atoms. The van der Waals surface area contributed by atoms with Gasteiger partial charge in [-0.1, -0.05) is 63.3 Å². The Bertz CT molecular complexity index is 991. The first-order valence-corrected chi connectivity index (χ1v) is 17.9. The van der Waals surface area contributed by atoms with E-state index in [4.69, 9.17) is 28.4 Å². The van der Waals surface area contributed by atoms with Gasteiger partial charge in [-0.3, -0.25) is 9.59 Å². The number of carbonyl (C=O) groups is 2. The molecular weight excluding hydrogens is 660 g/mol. The Balaban J connectivity index is 1.75. The highest BCUT2D eigenvalue weighted by atomic mass is 16.7. The first-order valence-electron chi connectivity index (χ1n) is 17.9. The van der Waals surface area contributed by atoms with Crippen LogP contribution in [0.15, 0.2) is 24.3 Å². The molecule has 7 N–H and O–H groups in total. The highest BCUT2D eigenvalue weighted by Crippen LogP contribution is 2.26. The van der Waals surface area contributed by atoms with Gasteiger partial charge in [0.15, 0.2) is 18.7 Å². The predicted octanol–water partition coefficient (Wildman–Crippen LogP) is 0.916. The summed E-state index contributed by atoms with van der Waals surface area (Å²) in [7, 11) is 0. The summed E-state index contributed by atoms with van der Waals surface area (Å²) >= 11 is 0. The molecule has 11 unspecified atom stereocenters. The molecule has 2 heterocycles. The van der Waals surface area contributed by atoms with Gasteiger partial charge in [0.25, 0.3) is 0 Å². The van der Waals surface area contributed by atoms with E-state index in [1.54, 1.807) is 0 Å². The van der Waals surface area contributed by atoms with Crippen molar-refractivity contribution in [3.8, 4) is 0 Å². The second-order valence-electron chi connectivity index (χ2n) is 12.8. The first kappa shape index (κ1) is 44.1. The number of carbonyl (C=O) groups excluding carboxylic acids is 2. The predicted molar refractivity (Wildman–Crippen MR) is 178 cm³/mol. The van der Waals surface area contributed by atoms with Crippen molar-refractivity contribution < 1.29 is 73.8 Å². The van der Waals surface area contributed by atoms with Crippen LogP contribution in [0.5, 0.6) is 0 Å². The van der Waals surface area contributed by atoms with E-state index >= 15 is 0 Å². The lowest BCUT2D eigenvalue weighted by Gasteiger charge is -2.42. The fraction of sp³-hybridized carbons (Fsp3) is 0.829. The Kier molecular flexibility index (Phi) is 22.1. The minimum Gasteiger partial charge on any atom is -0.462 e. The molecule has 0 aromatic carbocycles. The standard InChI is InChI=1S/C35H60O15/c1-3-4-5-6-7-8-9-10-11-12-13-14-15-16-17-18-27(38)48-24(20-45-23(2)37)21-46-34-33(44)31(42)29(40)26(50-34)22-47-35-32(43)30(41)28(39)25(19-36)49-35/h7-8,10-11,24-26,28-36,39-44H,3-6,9,12-22H2,1-2H3/b8-7-,11-10-. The molecule has 0 radical (unpaired) electrons. The van der Waals surface area contributed by atoms with Gasteiger partial charge in [-0.05, 0) is 38.5 Å². The number of unbranched alkanes of at least 4 members (excludes halogenated alkanes) is 8. The summed E-state index contributed by atoms with van der Waals surface area (Å²) in [6.07, 6.45) is 3.56. The maximum atomic E-state index is 12.6. The van der Waals surface area contributed by atoms with E-state index in [2.05, 4.69) is 31.2 Å². The lowest BCUT2D eigenvalue weighted by Crippen LogP contribution is -2.61. The fourth-order valence-electron chi connectivity index (χ4n) is 5.44. The normalized spacial score (nSPS) is 30.9. The molecular formula is C35H60O15. The smallest absolute Gasteiger partial charge is 0.306 e. The maximum absolute atomic E-state index is 12.6. The summed E-state index contributed by atoms with van der Waals surface area (Å²) in [5, 5.41) is 70.8. The molecule has 2 aliphatic rings. The molecule has 2 fully saturated rings. The van der Waals surface area contributed by atoms with Crippen LogP contribution < -0.4 is 0 Å². The van der Waals surface area contributed by atoms with Crippen molar-refractivity contribution in [1.29, 1.82) is 0 Å². The summed E-state index contributed by atoms with van der Waals surface area (Å²) in [4.78, 5) is 24.0. The van der Waals surface area contributed by atoms with Crippen molar-refractivity contribution in [2.75, 3.05) is 26.4 Å². The van der Waals surface area contributed by atoms with Gasteiger partial charge in [0, 0.05) is 13.3 Å². The molecule has 0 amide bonds. The van der Waals surface area contributed by atoms with E-state index in [-0.39, 0.29) is 13.0 Å². The van der Waals surface area contributed by atoms with Gasteiger partial charge >= 0.3 is 11.9 Å². The minimum absolute atomic E-state index is 0.145. The van der Waals surface area contributed by atoms with Crippen LogP contribution in [-0.4, -0.2) is 142 Å². The van der Waals surface area contributed by atoms with Crippen molar-refractivity contribution in [2.45, 2.75) is 158 Å².